The first-order valence-corrected chi connectivity index (χ1v) is 9.89. The number of carbonyl (C=O) groups excluding carboxylic acids is 1. The van der Waals surface area contributed by atoms with Gasteiger partial charge in [0.25, 0.3) is 0 Å². The minimum absolute atomic E-state index is 0.0898. The monoisotopic (exact) mass is 410 g/mol. The van der Waals surface area contributed by atoms with Gasteiger partial charge in [0.05, 0.1) is 6.54 Å². The number of hydrogen-bond donors (Lipinski definition) is 2. The molecule has 3 N–H and O–H groups in total. The third-order valence-electron chi connectivity index (χ3n) is 4.21. The highest BCUT2D eigenvalue weighted by atomic mass is 32.1. The van der Waals surface area contributed by atoms with Crippen LogP contribution in [0.5, 0.6) is 5.75 Å². The fraction of sp³-hybridized carbons (Fsp3) is 0.182. The summed E-state index contributed by atoms with van der Waals surface area (Å²) >= 11 is 1.20. The summed E-state index contributed by atoms with van der Waals surface area (Å²) in [7, 11) is 0. The number of hydrogen-bond acceptors (Lipinski definition) is 5. The van der Waals surface area contributed by atoms with Crippen LogP contribution in [0.3, 0.4) is 0 Å². The van der Waals surface area contributed by atoms with Gasteiger partial charge >= 0.3 is 5.97 Å². The fourth-order valence-corrected chi connectivity index (χ4v) is 3.77. The highest BCUT2D eigenvalue weighted by molar-refractivity contribution is 7.13. The Morgan fingerprint density at radius 2 is 1.66 bits per heavy atom. The SMILES string of the molecule is NC(=O)CN(Cc1ccc(OCc2ccccc2)cc1)Cc1ccc(C(=O)O)s1. The molecule has 150 valence electrons. The number of ether oxygens (including phenoxy) is 1. The molecule has 0 spiro atoms. The largest absolute Gasteiger partial charge is 0.489 e. The van der Waals surface area contributed by atoms with E-state index in [9.17, 15) is 9.59 Å². The van der Waals surface area contributed by atoms with Gasteiger partial charge in [0.2, 0.25) is 5.91 Å². The summed E-state index contributed by atoms with van der Waals surface area (Å²) in [4.78, 5) is 25.5. The van der Waals surface area contributed by atoms with Gasteiger partial charge < -0.3 is 15.6 Å². The lowest BCUT2D eigenvalue weighted by molar-refractivity contribution is -0.119. The number of carbonyl (C=O) groups is 2. The van der Waals surface area contributed by atoms with Crippen LogP contribution in [-0.2, 0) is 24.5 Å². The van der Waals surface area contributed by atoms with Crippen LogP contribution in [-0.4, -0.2) is 28.4 Å². The van der Waals surface area contributed by atoms with E-state index in [0.29, 0.717) is 19.7 Å². The number of carboxylic acid groups (broad SMARTS) is 1. The molecule has 0 saturated heterocycles. The Morgan fingerprint density at radius 3 is 2.28 bits per heavy atom. The lowest BCUT2D eigenvalue weighted by atomic mass is 10.2. The van der Waals surface area contributed by atoms with Gasteiger partial charge in [-0.15, -0.1) is 11.3 Å². The predicted molar refractivity (Wildman–Crippen MR) is 112 cm³/mol. The highest BCUT2D eigenvalue weighted by Crippen LogP contribution is 2.20. The summed E-state index contributed by atoms with van der Waals surface area (Å²) in [6, 6.07) is 21.0. The molecule has 7 heteroatoms. The molecule has 0 atom stereocenters. The van der Waals surface area contributed by atoms with Crippen molar-refractivity contribution in [3.8, 4) is 5.75 Å². The Balaban J connectivity index is 1.60. The van der Waals surface area contributed by atoms with E-state index in [1.807, 2.05) is 59.5 Å². The summed E-state index contributed by atoms with van der Waals surface area (Å²) in [6.45, 7) is 1.56. The van der Waals surface area contributed by atoms with E-state index in [-0.39, 0.29) is 11.4 Å². The summed E-state index contributed by atoms with van der Waals surface area (Å²) < 4.78 is 5.80. The number of benzene rings is 2. The molecule has 2 aromatic carbocycles. The van der Waals surface area contributed by atoms with Gasteiger partial charge in [-0.2, -0.15) is 0 Å². The van der Waals surface area contributed by atoms with Gasteiger partial charge in [0.1, 0.15) is 17.2 Å². The minimum atomic E-state index is -0.950. The summed E-state index contributed by atoms with van der Waals surface area (Å²) in [5, 5.41) is 9.07. The van der Waals surface area contributed by atoms with Gasteiger partial charge in [-0.25, -0.2) is 4.79 Å². The zero-order valence-electron chi connectivity index (χ0n) is 15.8. The Bertz CT molecular complexity index is 954. The molecule has 0 aliphatic carbocycles. The number of nitrogens with two attached hydrogens (primary N) is 1. The first kappa shape index (κ1) is 20.6. The third-order valence-corrected chi connectivity index (χ3v) is 5.27. The fourth-order valence-electron chi connectivity index (χ4n) is 2.88. The Labute approximate surface area is 173 Å². The van der Waals surface area contributed by atoms with Crippen molar-refractivity contribution in [2.75, 3.05) is 6.54 Å². The Hall–Kier alpha value is -3.16. The van der Waals surface area contributed by atoms with Crippen LogP contribution in [0.1, 0.15) is 25.7 Å². The topological polar surface area (TPSA) is 92.9 Å². The van der Waals surface area contributed by atoms with E-state index in [1.54, 1.807) is 12.1 Å². The normalized spacial score (nSPS) is 10.8. The van der Waals surface area contributed by atoms with E-state index >= 15 is 0 Å². The second-order valence-electron chi connectivity index (χ2n) is 6.60. The second kappa shape index (κ2) is 9.86. The maximum absolute atomic E-state index is 11.4. The van der Waals surface area contributed by atoms with E-state index in [4.69, 9.17) is 15.6 Å². The van der Waals surface area contributed by atoms with E-state index < -0.39 is 11.9 Å². The second-order valence-corrected chi connectivity index (χ2v) is 7.77. The predicted octanol–water partition coefficient (Wildman–Crippen LogP) is 3.51. The Kier molecular flexibility index (Phi) is 6.99. The number of aromatic carboxylic acids is 1. The molecule has 1 aromatic heterocycles. The molecule has 0 bridgehead atoms. The van der Waals surface area contributed by atoms with Crippen molar-refractivity contribution < 1.29 is 19.4 Å². The van der Waals surface area contributed by atoms with Crippen LogP contribution in [0, 0.1) is 0 Å². The molecule has 0 saturated carbocycles. The number of primary amides is 1. The molecule has 0 fully saturated rings. The summed E-state index contributed by atoms with van der Waals surface area (Å²) in [6.07, 6.45) is 0. The standard InChI is InChI=1S/C22H22N2O4S/c23-21(25)14-24(13-19-10-11-20(29-19)22(26)27)12-16-6-8-18(9-7-16)28-15-17-4-2-1-3-5-17/h1-11H,12-15H2,(H2,23,25)(H,26,27). The summed E-state index contributed by atoms with van der Waals surface area (Å²) in [5.74, 6) is -0.611. The molecule has 1 amide bonds. The molecule has 1 heterocycles. The van der Waals surface area contributed by atoms with Crippen LogP contribution in [0.4, 0.5) is 0 Å². The maximum atomic E-state index is 11.4. The Morgan fingerprint density at radius 1 is 0.931 bits per heavy atom. The number of thiophene rings is 1. The molecule has 6 nitrogen and oxygen atoms in total. The van der Waals surface area contributed by atoms with Crippen molar-refractivity contribution in [1.82, 2.24) is 4.90 Å². The van der Waals surface area contributed by atoms with Crippen LogP contribution >= 0.6 is 11.3 Å². The highest BCUT2D eigenvalue weighted by Gasteiger charge is 2.13. The van der Waals surface area contributed by atoms with Crippen LogP contribution in [0.25, 0.3) is 0 Å². The van der Waals surface area contributed by atoms with Crippen molar-refractivity contribution in [1.29, 1.82) is 0 Å². The first-order chi connectivity index (χ1) is 14.0. The lowest BCUT2D eigenvalue weighted by Gasteiger charge is -2.20. The maximum Gasteiger partial charge on any atom is 0.345 e. The molecule has 0 aliphatic rings. The van der Waals surface area contributed by atoms with Crippen molar-refractivity contribution in [3.63, 3.8) is 0 Å². The van der Waals surface area contributed by atoms with E-state index in [1.165, 1.54) is 11.3 Å². The lowest BCUT2D eigenvalue weighted by Crippen LogP contribution is -2.32. The van der Waals surface area contributed by atoms with Crippen LogP contribution < -0.4 is 10.5 Å². The van der Waals surface area contributed by atoms with Crippen molar-refractivity contribution >= 4 is 23.2 Å². The molecule has 3 aromatic rings. The molecule has 3 rings (SSSR count). The average molecular weight is 410 g/mol. The zero-order valence-corrected chi connectivity index (χ0v) is 16.6. The van der Waals surface area contributed by atoms with Crippen LogP contribution in [0.15, 0.2) is 66.7 Å². The van der Waals surface area contributed by atoms with Gasteiger partial charge in [-0.1, -0.05) is 42.5 Å². The van der Waals surface area contributed by atoms with E-state index in [2.05, 4.69) is 0 Å². The van der Waals surface area contributed by atoms with Gasteiger partial charge in [-0.3, -0.25) is 9.69 Å². The zero-order chi connectivity index (χ0) is 20.6. The van der Waals surface area contributed by atoms with Gasteiger partial charge in [0, 0.05) is 18.0 Å². The van der Waals surface area contributed by atoms with Gasteiger partial charge in [0.15, 0.2) is 0 Å². The molecule has 0 unspecified atom stereocenters. The van der Waals surface area contributed by atoms with Crippen molar-refractivity contribution in [2.24, 2.45) is 5.73 Å². The molecular weight excluding hydrogens is 388 g/mol. The minimum Gasteiger partial charge on any atom is -0.489 e. The van der Waals surface area contributed by atoms with Crippen molar-refractivity contribution in [3.05, 3.63) is 87.6 Å². The number of rotatable bonds is 10. The molecular formula is C22H22N2O4S. The number of amides is 1. The van der Waals surface area contributed by atoms with E-state index in [0.717, 1.165) is 21.8 Å². The molecule has 0 aliphatic heterocycles. The quantitative estimate of drug-likeness (QED) is 0.534. The first-order valence-electron chi connectivity index (χ1n) is 9.08. The average Bonchev–Trinajstić information content (AvgIpc) is 3.16. The molecule has 29 heavy (non-hydrogen) atoms. The number of nitrogens with zero attached hydrogens (tertiary/aromatic N) is 1. The smallest absolute Gasteiger partial charge is 0.345 e. The molecule has 0 radical (unpaired) electrons. The van der Waals surface area contributed by atoms with Gasteiger partial charge in [-0.05, 0) is 35.4 Å². The third kappa shape index (κ3) is 6.44. The van der Waals surface area contributed by atoms with Crippen LogP contribution in [0.2, 0.25) is 0 Å². The summed E-state index contributed by atoms with van der Waals surface area (Å²) in [5.41, 5.74) is 7.49. The number of carboxylic acids is 1. The van der Waals surface area contributed by atoms with Crippen molar-refractivity contribution in [2.45, 2.75) is 19.7 Å².